The highest BCUT2D eigenvalue weighted by Crippen LogP contribution is 1.96. The maximum atomic E-state index is 5.07. The minimum absolute atomic E-state index is 0.521. The smallest absolute Gasteiger partial charge is 0.191 e. The zero-order chi connectivity index (χ0) is 16.9. The fourth-order valence-electron chi connectivity index (χ4n) is 2.11. The lowest BCUT2D eigenvalue weighted by atomic mass is 10.4. The molecule has 0 aliphatic rings. The van der Waals surface area contributed by atoms with Crippen LogP contribution in [-0.4, -0.2) is 72.6 Å². The number of methoxy groups -OCH3 is 1. The van der Waals surface area contributed by atoms with E-state index in [2.05, 4.69) is 51.6 Å². The van der Waals surface area contributed by atoms with Crippen molar-refractivity contribution in [3.05, 3.63) is 12.2 Å². The molecule has 0 aliphatic carbocycles. The van der Waals surface area contributed by atoms with Crippen LogP contribution in [0.1, 0.15) is 26.1 Å². The van der Waals surface area contributed by atoms with Crippen molar-refractivity contribution in [2.75, 3.05) is 46.9 Å². The van der Waals surface area contributed by atoms with Gasteiger partial charge in [-0.25, -0.2) is 4.99 Å². The Morgan fingerprint density at radius 2 is 2.17 bits per heavy atom. The maximum absolute atomic E-state index is 5.07. The molecule has 0 amide bonds. The van der Waals surface area contributed by atoms with E-state index in [1.165, 1.54) is 0 Å². The van der Waals surface area contributed by atoms with Crippen molar-refractivity contribution in [1.29, 1.82) is 0 Å². The number of nitrogens with one attached hydrogen (secondary N) is 2. The SMILES string of the molecule is CCNC(=NCc1nncn1CC)NCCN(C)CCCOC. The molecule has 0 spiro atoms. The van der Waals surface area contributed by atoms with Crippen LogP contribution in [0.15, 0.2) is 11.3 Å². The molecule has 0 bridgehead atoms. The molecule has 0 radical (unpaired) electrons. The second-order valence-electron chi connectivity index (χ2n) is 5.30. The summed E-state index contributed by atoms with van der Waals surface area (Å²) in [6, 6.07) is 0. The van der Waals surface area contributed by atoms with Crippen LogP contribution in [0.5, 0.6) is 0 Å². The van der Waals surface area contributed by atoms with Gasteiger partial charge in [0.1, 0.15) is 12.9 Å². The second-order valence-corrected chi connectivity index (χ2v) is 5.30. The van der Waals surface area contributed by atoms with E-state index in [4.69, 9.17) is 4.74 Å². The number of aliphatic imine (C=N–C) groups is 1. The molecule has 0 unspecified atom stereocenters. The van der Waals surface area contributed by atoms with Crippen LogP contribution in [0.25, 0.3) is 0 Å². The number of nitrogens with zero attached hydrogens (tertiary/aromatic N) is 5. The molecule has 0 aliphatic heterocycles. The van der Waals surface area contributed by atoms with Crippen LogP contribution < -0.4 is 10.6 Å². The fourth-order valence-corrected chi connectivity index (χ4v) is 2.11. The van der Waals surface area contributed by atoms with Gasteiger partial charge in [0, 0.05) is 46.4 Å². The van der Waals surface area contributed by atoms with Crippen molar-refractivity contribution in [2.24, 2.45) is 4.99 Å². The van der Waals surface area contributed by atoms with Gasteiger partial charge < -0.3 is 24.8 Å². The Morgan fingerprint density at radius 3 is 2.87 bits per heavy atom. The molecule has 8 nitrogen and oxygen atoms in total. The number of aryl methyl sites for hydroxylation is 1. The topological polar surface area (TPSA) is 79.6 Å². The Morgan fingerprint density at radius 1 is 1.35 bits per heavy atom. The highest BCUT2D eigenvalue weighted by Gasteiger charge is 2.03. The monoisotopic (exact) mass is 325 g/mol. The first-order chi connectivity index (χ1) is 11.2. The average molecular weight is 325 g/mol. The molecule has 0 atom stereocenters. The summed E-state index contributed by atoms with van der Waals surface area (Å²) in [5.41, 5.74) is 0. The summed E-state index contributed by atoms with van der Waals surface area (Å²) in [5.74, 6) is 1.69. The van der Waals surface area contributed by atoms with Gasteiger partial charge in [0.25, 0.3) is 0 Å². The highest BCUT2D eigenvalue weighted by atomic mass is 16.5. The van der Waals surface area contributed by atoms with Crippen LogP contribution >= 0.6 is 0 Å². The van der Waals surface area contributed by atoms with E-state index in [0.717, 1.165) is 57.5 Å². The standard InChI is InChI=1S/C15H31N7O/c1-5-16-15(17-8-10-21(3)9-7-11-23-4)18-12-14-20-19-13-22(14)6-2/h13H,5-12H2,1-4H3,(H2,16,17,18). The summed E-state index contributed by atoms with van der Waals surface area (Å²) >= 11 is 0. The van der Waals surface area contributed by atoms with Gasteiger partial charge in [0.2, 0.25) is 0 Å². The summed E-state index contributed by atoms with van der Waals surface area (Å²) in [5, 5.41) is 14.6. The Hall–Kier alpha value is -1.67. The Balaban J connectivity index is 2.37. The molecule has 8 heteroatoms. The zero-order valence-electron chi connectivity index (χ0n) is 14.9. The number of likely N-dealkylation sites (N-methyl/N-ethyl adjacent to an activating group) is 1. The van der Waals surface area contributed by atoms with Gasteiger partial charge >= 0.3 is 0 Å². The van der Waals surface area contributed by atoms with Gasteiger partial charge in [-0.3, -0.25) is 0 Å². The highest BCUT2D eigenvalue weighted by molar-refractivity contribution is 5.79. The van der Waals surface area contributed by atoms with Gasteiger partial charge in [-0.2, -0.15) is 0 Å². The summed E-state index contributed by atoms with van der Waals surface area (Å²) in [6.07, 6.45) is 2.79. The van der Waals surface area contributed by atoms with Crippen LogP contribution in [-0.2, 0) is 17.8 Å². The molecule has 1 rings (SSSR count). The minimum atomic E-state index is 0.521. The van der Waals surface area contributed by atoms with Gasteiger partial charge in [0.15, 0.2) is 11.8 Å². The molecule has 0 saturated heterocycles. The Kier molecular flexibility index (Phi) is 9.97. The van der Waals surface area contributed by atoms with Crippen molar-refractivity contribution in [3.63, 3.8) is 0 Å². The van der Waals surface area contributed by atoms with Gasteiger partial charge in [-0.15, -0.1) is 10.2 Å². The third-order valence-electron chi connectivity index (χ3n) is 3.43. The number of aromatic nitrogens is 3. The van der Waals surface area contributed by atoms with E-state index < -0.39 is 0 Å². The van der Waals surface area contributed by atoms with Crippen LogP contribution in [0.4, 0.5) is 0 Å². The van der Waals surface area contributed by atoms with Gasteiger partial charge in [0.05, 0.1) is 0 Å². The molecule has 1 aromatic heterocycles. The first kappa shape index (κ1) is 19.4. The molecule has 1 heterocycles. The predicted molar refractivity (Wildman–Crippen MR) is 92.5 cm³/mol. The number of ether oxygens (including phenoxy) is 1. The maximum Gasteiger partial charge on any atom is 0.191 e. The van der Waals surface area contributed by atoms with Crippen molar-refractivity contribution in [1.82, 2.24) is 30.3 Å². The van der Waals surface area contributed by atoms with Crippen molar-refractivity contribution in [3.8, 4) is 0 Å². The molecule has 23 heavy (non-hydrogen) atoms. The normalized spacial score (nSPS) is 12.0. The quantitative estimate of drug-likeness (QED) is 0.347. The Bertz CT molecular complexity index is 447. The van der Waals surface area contributed by atoms with E-state index in [-0.39, 0.29) is 0 Å². The van der Waals surface area contributed by atoms with E-state index in [9.17, 15) is 0 Å². The zero-order valence-corrected chi connectivity index (χ0v) is 14.9. The van der Waals surface area contributed by atoms with Gasteiger partial charge in [-0.1, -0.05) is 0 Å². The predicted octanol–water partition coefficient (Wildman–Crippen LogP) is 0.321. The fraction of sp³-hybridized carbons (Fsp3) is 0.800. The molecule has 0 fully saturated rings. The van der Waals surface area contributed by atoms with Crippen LogP contribution in [0.2, 0.25) is 0 Å². The third-order valence-corrected chi connectivity index (χ3v) is 3.43. The summed E-state index contributed by atoms with van der Waals surface area (Å²) in [4.78, 5) is 6.85. The van der Waals surface area contributed by atoms with Gasteiger partial charge in [-0.05, 0) is 27.3 Å². The van der Waals surface area contributed by atoms with E-state index >= 15 is 0 Å². The second kappa shape index (κ2) is 11.8. The molecule has 132 valence electrons. The average Bonchev–Trinajstić information content (AvgIpc) is 3.00. The molecule has 1 aromatic rings. The first-order valence-corrected chi connectivity index (χ1v) is 8.27. The number of rotatable bonds is 11. The number of hydrogen-bond donors (Lipinski definition) is 2. The van der Waals surface area contributed by atoms with Crippen molar-refractivity contribution >= 4 is 5.96 Å². The summed E-state index contributed by atoms with van der Waals surface area (Å²) in [7, 11) is 3.85. The molecule has 2 N–H and O–H groups in total. The Labute approximate surface area is 139 Å². The van der Waals surface area contributed by atoms with Crippen LogP contribution in [0.3, 0.4) is 0 Å². The summed E-state index contributed by atoms with van der Waals surface area (Å²) < 4.78 is 7.07. The lowest BCUT2D eigenvalue weighted by Gasteiger charge is -2.18. The molecular formula is C15H31N7O. The third kappa shape index (κ3) is 7.94. The molecule has 0 aromatic carbocycles. The van der Waals surface area contributed by atoms with E-state index in [0.29, 0.717) is 6.54 Å². The van der Waals surface area contributed by atoms with Crippen molar-refractivity contribution < 1.29 is 4.74 Å². The van der Waals surface area contributed by atoms with E-state index in [1.54, 1.807) is 13.4 Å². The largest absolute Gasteiger partial charge is 0.385 e. The lowest BCUT2D eigenvalue weighted by molar-refractivity contribution is 0.180. The summed E-state index contributed by atoms with van der Waals surface area (Å²) in [6.45, 7) is 9.97. The minimum Gasteiger partial charge on any atom is -0.385 e. The van der Waals surface area contributed by atoms with E-state index in [1.807, 2.05) is 4.57 Å². The molecule has 0 saturated carbocycles. The number of guanidine groups is 1. The number of hydrogen-bond acceptors (Lipinski definition) is 5. The molecular weight excluding hydrogens is 294 g/mol. The van der Waals surface area contributed by atoms with Crippen LogP contribution in [0, 0.1) is 0 Å². The van der Waals surface area contributed by atoms with Crippen molar-refractivity contribution in [2.45, 2.75) is 33.4 Å². The first-order valence-electron chi connectivity index (χ1n) is 8.27. The lowest BCUT2D eigenvalue weighted by Crippen LogP contribution is -2.41.